The Kier molecular flexibility index (Phi) is 5.78. The van der Waals surface area contributed by atoms with E-state index in [0.29, 0.717) is 17.7 Å². The lowest BCUT2D eigenvalue weighted by Gasteiger charge is -2.19. The van der Waals surface area contributed by atoms with Crippen LogP contribution in [-0.2, 0) is 22.4 Å². The van der Waals surface area contributed by atoms with E-state index in [2.05, 4.69) is 28.8 Å². The van der Waals surface area contributed by atoms with Gasteiger partial charge in [0.1, 0.15) is 6.04 Å². The maximum Gasteiger partial charge on any atom is 0.247 e. The van der Waals surface area contributed by atoms with Crippen LogP contribution in [0.2, 0.25) is 0 Å². The number of nitrogens with zero attached hydrogens (tertiary/aromatic N) is 1. The van der Waals surface area contributed by atoms with Crippen LogP contribution in [0, 0.1) is 11.3 Å². The fourth-order valence-corrected chi connectivity index (χ4v) is 3.87. The highest BCUT2D eigenvalue weighted by molar-refractivity contribution is 5.98. The largest absolute Gasteiger partial charge is 0.343 e. The number of rotatable bonds is 6. The molecule has 3 aromatic carbocycles. The Labute approximate surface area is 180 Å². The number of hydrogen-bond donors (Lipinski definition) is 3. The summed E-state index contributed by atoms with van der Waals surface area (Å²) >= 11 is 0. The van der Waals surface area contributed by atoms with Gasteiger partial charge in [-0.3, -0.25) is 9.59 Å². The Bertz CT molecular complexity index is 1180. The number of carbonyl (C=O) groups excluding carboxylic acids is 2. The maximum absolute atomic E-state index is 13.0. The van der Waals surface area contributed by atoms with Gasteiger partial charge in [-0.25, -0.2) is 0 Å². The fraction of sp³-hybridized carbons (Fsp3) is 0.160. The lowest BCUT2D eigenvalue weighted by Crippen LogP contribution is -2.47. The van der Waals surface area contributed by atoms with Gasteiger partial charge in [0.25, 0.3) is 0 Å². The van der Waals surface area contributed by atoms with Gasteiger partial charge >= 0.3 is 0 Å². The molecule has 1 aliphatic rings. The number of anilines is 1. The molecule has 0 aliphatic heterocycles. The van der Waals surface area contributed by atoms with Gasteiger partial charge in [-0.05, 0) is 58.5 Å². The van der Waals surface area contributed by atoms with Crippen LogP contribution in [0.15, 0.2) is 66.7 Å². The van der Waals surface area contributed by atoms with E-state index >= 15 is 0 Å². The van der Waals surface area contributed by atoms with Crippen LogP contribution >= 0.6 is 0 Å². The third-order valence-electron chi connectivity index (χ3n) is 5.42. The van der Waals surface area contributed by atoms with Crippen molar-refractivity contribution < 1.29 is 9.59 Å². The number of nitriles is 1. The summed E-state index contributed by atoms with van der Waals surface area (Å²) in [6, 6.07) is 22.4. The summed E-state index contributed by atoms with van der Waals surface area (Å²) in [7, 11) is 0. The van der Waals surface area contributed by atoms with E-state index in [1.807, 2.05) is 30.3 Å². The highest BCUT2D eigenvalue weighted by atomic mass is 16.2. The van der Waals surface area contributed by atoms with E-state index in [1.165, 1.54) is 16.7 Å². The molecule has 0 aromatic heterocycles. The first-order valence-electron chi connectivity index (χ1n) is 10.1. The Hall–Kier alpha value is -3.95. The zero-order valence-corrected chi connectivity index (χ0v) is 16.9. The van der Waals surface area contributed by atoms with Gasteiger partial charge in [-0.1, -0.05) is 42.5 Å². The molecule has 0 spiro atoms. The van der Waals surface area contributed by atoms with Gasteiger partial charge in [0.15, 0.2) is 0 Å². The summed E-state index contributed by atoms with van der Waals surface area (Å²) in [6.45, 7) is -0.200. The molecule has 6 heteroatoms. The molecular formula is C25H22N4O2. The highest BCUT2D eigenvalue weighted by Gasteiger charge is 2.23. The molecule has 0 saturated carbocycles. The monoisotopic (exact) mass is 410 g/mol. The Balaban J connectivity index is 1.51. The van der Waals surface area contributed by atoms with E-state index in [9.17, 15) is 9.59 Å². The standard InChI is InChI=1S/C25H22N4O2/c26-14-17-7-5-16(6-8-17)11-23(29-24(30)15-27)25(31)28-20-9-10-22-19(13-20)12-18-3-1-2-4-21(18)22/h1-10,13,23H,11-12,15,27H2,(H,28,31)(H,29,30)/t23-/m0/s1. The summed E-state index contributed by atoms with van der Waals surface area (Å²) in [4.78, 5) is 24.9. The smallest absolute Gasteiger partial charge is 0.247 e. The molecule has 154 valence electrons. The van der Waals surface area contributed by atoms with Crippen LogP contribution in [-0.4, -0.2) is 24.4 Å². The number of amides is 2. The molecule has 31 heavy (non-hydrogen) atoms. The summed E-state index contributed by atoms with van der Waals surface area (Å²) in [5, 5.41) is 14.6. The summed E-state index contributed by atoms with van der Waals surface area (Å²) in [5.41, 5.74) is 12.3. The van der Waals surface area contributed by atoms with Crippen molar-refractivity contribution in [3.63, 3.8) is 0 Å². The van der Waals surface area contributed by atoms with Crippen molar-refractivity contribution in [3.05, 3.63) is 89.0 Å². The van der Waals surface area contributed by atoms with Gasteiger partial charge in [-0.15, -0.1) is 0 Å². The van der Waals surface area contributed by atoms with E-state index in [4.69, 9.17) is 11.0 Å². The lowest BCUT2D eigenvalue weighted by molar-refractivity contribution is -0.125. The molecule has 2 amide bonds. The van der Waals surface area contributed by atoms with E-state index in [0.717, 1.165) is 17.5 Å². The van der Waals surface area contributed by atoms with Crippen LogP contribution < -0.4 is 16.4 Å². The van der Waals surface area contributed by atoms with Gasteiger partial charge < -0.3 is 16.4 Å². The van der Waals surface area contributed by atoms with Crippen molar-refractivity contribution in [2.45, 2.75) is 18.9 Å². The van der Waals surface area contributed by atoms with Crippen molar-refractivity contribution in [2.24, 2.45) is 5.73 Å². The Morgan fingerprint density at radius 1 is 1.00 bits per heavy atom. The number of benzene rings is 3. The lowest BCUT2D eigenvalue weighted by atomic mass is 10.0. The van der Waals surface area contributed by atoms with Gasteiger partial charge in [0.05, 0.1) is 18.2 Å². The number of nitrogens with two attached hydrogens (primary N) is 1. The molecule has 4 rings (SSSR count). The third kappa shape index (κ3) is 4.47. The molecule has 0 bridgehead atoms. The topological polar surface area (TPSA) is 108 Å². The first kappa shape index (κ1) is 20.3. The van der Waals surface area contributed by atoms with Gasteiger partial charge in [-0.2, -0.15) is 5.26 Å². The Morgan fingerprint density at radius 2 is 1.74 bits per heavy atom. The SMILES string of the molecule is N#Cc1ccc(C[C@H](NC(=O)CN)C(=O)Nc2ccc3c(c2)Cc2ccccc2-3)cc1. The molecule has 0 radical (unpaired) electrons. The molecule has 1 aliphatic carbocycles. The molecule has 6 nitrogen and oxygen atoms in total. The second-order valence-corrected chi connectivity index (χ2v) is 7.53. The quantitative estimate of drug-likeness (QED) is 0.454. The maximum atomic E-state index is 13.0. The van der Waals surface area contributed by atoms with Crippen LogP contribution in [0.4, 0.5) is 5.69 Å². The minimum atomic E-state index is -0.783. The summed E-state index contributed by atoms with van der Waals surface area (Å²) in [5.74, 6) is -0.722. The van der Waals surface area contributed by atoms with Crippen LogP contribution in [0.25, 0.3) is 11.1 Å². The van der Waals surface area contributed by atoms with Crippen molar-refractivity contribution in [3.8, 4) is 17.2 Å². The van der Waals surface area contributed by atoms with Crippen LogP contribution in [0.3, 0.4) is 0 Å². The highest BCUT2D eigenvalue weighted by Crippen LogP contribution is 2.37. The number of nitrogens with one attached hydrogen (secondary N) is 2. The van der Waals surface area contributed by atoms with Gasteiger partial charge in [0.2, 0.25) is 11.8 Å². The Morgan fingerprint density at radius 3 is 2.48 bits per heavy atom. The molecule has 1 atom stereocenters. The minimum absolute atomic E-state index is 0.200. The number of fused-ring (bicyclic) bond motifs is 3. The predicted octanol–water partition coefficient (Wildman–Crippen LogP) is 2.75. The van der Waals surface area contributed by atoms with Gasteiger partial charge in [0, 0.05) is 12.1 Å². The molecule has 0 saturated heterocycles. The second-order valence-electron chi connectivity index (χ2n) is 7.53. The second kappa shape index (κ2) is 8.82. The van der Waals surface area contributed by atoms with E-state index in [-0.39, 0.29) is 12.5 Å². The van der Waals surface area contributed by atoms with Crippen molar-refractivity contribution in [1.82, 2.24) is 5.32 Å². The zero-order valence-electron chi connectivity index (χ0n) is 16.9. The molecule has 4 N–H and O–H groups in total. The average Bonchev–Trinajstić information content (AvgIpc) is 3.16. The minimum Gasteiger partial charge on any atom is -0.343 e. The molecular weight excluding hydrogens is 388 g/mol. The molecule has 0 heterocycles. The predicted molar refractivity (Wildman–Crippen MR) is 119 cm³/mol. The first-order chi connectivity index (χ1) is 15.1. The molecule has 0 fully saturated rings. The third-order valence-corrected chi connectivity index (χ3v) is 5.42. The van der Waals surface area contributed by atoms with Crippen molar-refractivity contribution >= 4 is 17.5 Å². The zero-order chi connectivity index (χ0) is 21.8. The number of hydrogen-bond acceptors (Lipinski definition) is 4. The fourth-order valence-electron chi connectivity index (χ4n) is 3.87. The summed E-state index contributed by atoms with van der Waals surface area (Å²) < 4.78 is 0. The van der Waals surface area contributed by atoms with Crippen LogP contribution in [0.1, 0.15) is 22.3 Å². The first-order valence-corrected chi connectivity index (χ1v) is 10.1. The van der Waals surface area contributed by atoms with Crippen molar-refractivity contribution in [2.75, 3.05) is 11.9 Å². The average molecular weight is 410 g/mol. The van der Waals surface area contributed by atoms with E-state index < -0.39 is 11.9 Å². The molecule has 3 aromatic rings. The van der Waals surface area contributed by atoms with Crippen molar-refractivity contribution in [1.29, 1.82) is 5.26 Å². The normalized spacial score (nSPS) is 12.3. The summed E-state index contributed by atoms with van der Waals surface area (Å²) in [6.07, 6.45) is 1.12. The molecule has 0 unspecified atom stereocenters. The van der Waals surface area contributed by atoms with Crippen LogP contribution in [0.5, 0.6) is 0 Å². The van der Waals surface area contributed by atoms with E-state index in [1.54, 1.807) is 24.3 Å². The number of carbonyl (C=O) groups is 2.